The zero-order valence-electron chi connectivity index (χ0n) is 10.7. The smallest absolute Gasteiger partial charge is 0.335 e. The molecule has 0 spiro atoms. The average Bonchev–Trinajstić information content (AvgIpc) is 2.47. The van der Waals surface area contributed by atoms with Gasteiger partial charge in [0.05, 0.1) is 19.8 Å². The summed E-state index contributed by atoms with van der Waals surface area (Å²) in [5, 5.41) is 8.80. The summed E-state index contributed by atoms with van der Waals surface area (Å²) >= 11 is 0. The fourth-order valence-electron chi connectivity index (χ4n) is 1.32. The predicted octanol–water partition coefficient (Wildman–Crippen LogP) is 1.38. The van der Waals surface area contributed by atoms with Gasteiger partial charge in [-0.25, -0.2) is 4.79 Å². The van der Waals surface area contributed by atoms with Crippen molar-refractivity contribution in [2.75, 3.05) is 14.2 Å². The third-order valence-electron chi connectivity index (χ3n) is 2.25. The van der Waals surface area contributed by atoms with Crippen molar-refractivity contribution in [1.82, 2.24) is 15.0 Å². The van der Waals surface area contributed by atoms with Gasteiger partial charge in [0.15, 0.2) is 0 Å². The minimum atomic E-state index is -1.01. The van der Waals surface area contributed by atoms with Crippen LogP contribution in [-0.2, 0) is 0 Å². The molecule has 2 aromatic rings. The van der Waals surface area contributed by atoms with Gasteiger partial charge in [-0.1, -0.05) is 0 Å². The number of aromatic nitrogens is 3. The molecule has 8 heteroatoms. The molecular weight excluding hydrogens is 266 g/mol. The highest BCUT2D eigenvalue weighted by molar-refractivity contribution is 5.87. The van der Waals surface area contributed by atoms with Crippen LogP contribution in [-0.4, -0.2) is 40.2 Å². The van der Waals surface area contributed by atoms with Crippen molar-refractivity contribution in [2.45, 2.75) is 0 Å². The average molecular weight is 277 g/mol. The summed E-state index contributed by atoms with van der Waals surface area (Å²) in [5.74, 6) is -0.634. The minimum Gasteiger partial charge on any atom is -0.478 e. The molecule has 0 aliphatic carbocycles. The number of methoxy groups -OCH3 is 2. The van der Waals surface area contributed by atoms with E-state index in [1.165, 1.54) is 38.5 Å². The van der Waals surface area contributed by atoms with Crippen LogP contribution in [0.1, 0.15) is 10.4 Å². The summed E-state index contributed by atoms with van der Waals surface area (Å²) in [6, 6.07) is 5.89. The molecule has 0 fully saturated rings. The second kappa shape index (κ2) is 5.83. The van der Waals surface area contributed by atoms with E-state index in [0.29, 0.717) is 5.75 Å². The molecule has 8 nitrogen and oxygen atoms in total. The zero-order chi connectivity index (χ0) is 14.5. The van der Waals surface area contributed by atoms with E-state index in [9.17, 15) is 4.79 Å². The lowest BCUT2D eigenvalue weighted by Gasteiger charge is -2.06. The molecule has 0 unspecified atom stereocenters. The fourth-order valence-corrected chi connectivity index (χ4v) is 1.32. The van der Waals surface area contributed by atoms with Crippen molar-refractivity contribution in [3.8, 4) is 23.8 Å². The zero-order valence-corrected chi connectivity index (χ0v) is 10.7. The van der Waals surface area contributed by atoms with Crippen LogP contribution in [0.5, 0.6) is 23.8 Å². The lowest BCUT2D eigenvalue weighted by Crippen LogP contribution is -2.01. The summed E-state index contributed by atoms with van der Waals surface area (Å²) in [5.41, 5.74) is 0.156. The first-order valence-electron chi connectivity index (χ1n) is 5.47. The molecule has 0 aliphatic heterocycles. The molecule has 1 aromatic heterocycles. The Balaban J connectivity index is 2.22. The molecule has 0 aliphatic rings. The van der Waals surface area contributed by atoms with Gasteiger partial charge in [0, 0.05) is 0 Å². The van der Waals surface area contributed by atoms with E-state index in [1.807, 2.05) is 0 Å². The molecule has 20 heavy (non-hydrogen) atoms. The molecule has 0 amide bonds. The van der Waals surface area contributed by atoms with Crippen molar-refractivity contribution < 1.29 is 24.1 Å². The number of carboxylic acids is 1. The summed E-state index contributed by atoms with van der Waals surface area (Å²) < 4.78 is 15.2. The second-order valence-corrected chi connectivity index (χ2v) is 3.52. The highest BCUT2D eigenvalue weighted by Gasteiger charge is 2.09. The number of rotatable bonds is 5. The van der Waals surface area contributed by atoms with Gasteiger partial charge in [-0.05, 0) is 24.3 Å². The largest absolute Gasteiger partial charge is 0.478 e. The first-order chi connectivity index (χ1) is 9.62. The number of benzene rings is 1. The van der Waals surface area contributed by atoms with Crippen LogP contribution in [0.3, 0.4) is 0 Å². The highest BCUT2D eigenvalue weighted by atomic mass is 16.5. The van der Waals surface area contributed by atoms with Crippen LogP contribution in [0.25, 0.3) is 0 Å². The standard InChI is InChI=1S/C12H11N3O5/c1-18-10-13-11(19-2)15-12(14-10)20-8-5-3-7(4-6-8)9(16)17/h3-6H,1-2H3,(H,16,17). The third-order valence-corrected chi connectivity index (χ3v) is 2.25. The Morgan fingerprint density at radius 2 is 1.45 bits per heavy atom. The third kappa shape index (κ3) is 3.10. The van der Waals surface area contributed by atoms with Crippen molar-refractivity contribution in [2.24, 2.45) is 0 Å². The van der Waals surface area contributed by atoms with Gasteiger partial charge < -0.3 is 19.3 Å². The molecule has 1 aromatic carbocycles. The van der Waals surface area contributed by atoms with E-state index < -0.39 is 5.97 Å². The van der Waals surface area contributed by atoms with Crippen molar-refractivity contribution >= 4 is 5.97 Å². The van der Waals surface area contributed by atoms with Crippen LogP contribution >= 0.6 is 0 Å². The van der Waals surface area contributed by atoms with E-state index in [2.05, 4.69) is 15.0 Å². The predicted molar refractivity (Wildman–Crippen MR) is 66.4 cm³/mol. The molecule has 1 heterocycles. The number of carboxylic acid groups (broad SMARTS) is 1. The van der Waals surface area contributed by atoms with E-state index in [-0.39, 0.29) is 23.6 Å². The molecule has 0 atom stereocenters. The normalized spacial score (nSPS) is 9.90. The summed E-state index contributed by atoms with van der Waals surface area (Å²) in [6.07, 6.45) is 0. The minimum absolute atomic E-state index is 0.0169. The lowest BCUT2D eigenvalue weighted by molar-refractivity contribution is 0.0697. The number of nitrogens with zero attached hydrogens (tertiary/aromatic N) is 3. The van der Waals surface area contributed by atoms with Gasteiger partial charge in [0.1, 0.15) is 5.75 Å². The lowest BCUT2D eigenvalue weighted by atomic mass is 10.2. The molecule has 0 radical (unpaired) electrons. The summed E-state index contributed by atoms with van der Waals surface area (Å²) in [7, 11) is 2.81. The van der Waals surface area contributed by atoms with E-state index >= 15 is 0 Å². The molecule has 0 saturated carbocycles. The van der Waals surface area contributed by atoms with Crippen LogP contribution in [0.2, 0.25) is 0 Å². The second-order valence-electron chi connectivity index (χ2n) is 3.52. The Bertz CT molecular complexity index is 593. The summed E-state index contributed by atoms with van der Waals surface area (Å²) in [4.78, 5) is 22.3. The summed E-state index contributed by atoms with van der Waals surface area (Å²) in [6.45, 7) is 0. The van der Waals surface area contributed by atoms with Gasteiger partial charge >= 0.3 is 24.0 Å². The number of hydrogen-bond donors (Lipinski definition) is 1. The van der Waals surface area contributed by atoms with E-state index in [1.54, 1.807) is 0 Å². The van der Waals surface area contributed by atoms with Crippen LogP contribution in [0, 0.1) is 0 Å². The SMILES string of the molecule is COc1nc(OC)nc(Oc2ccc(C(=O)O)cc2)n1. The van der Waals surface area contributed by atoms with Crippen molar-refractivity contribution in [3.63, 3.8) is 0 Å². The maximum absolute atomic E-state index is 10.7. The first-order valence-corrected chi connectivity index (χ1v) is 5.47. The van der Waals surface area contributed by atoms with Crippen molar-refractivity contribution in [3.05, 3.63) is 29.8 Å². The molecule has 104 valence electrons. The number of aromatic carboxylic acids is 1. The van der Waals surface area contributed by atoms with Crippen LogP contribution in [0.15, 0.2) is 24.3 Å². The quantitative estimate of drug-likeness (QED) is 0.874. The number of carbonyl (C=O) groups is 1. The first kappa shape index (κ1) is 13.5. The number of hydrogen-bond acceptors (Lipinski definition) is 7. The Labute approximate surface area is 114 Å². The van der Waals surface area contributed by atoms with Crippen LogP contribution < -0.4 is 14.2 Å². The maximum Gasteiger partial charge on any atom is 0.335 e. The Kier molecular flexibility index (Phi) is 3.94. The molecule has 0 saturated heterocycles. The molecule has 0 bridgehead atoms. The molecule has 2 rings (SSSR count). The monoisotopic (exact) mass is 277 g/mol. The van der Waals surface area contributed by atoms with E-state index in [4.69, 9.17) is 19.3 Å². The van der Waals surface area contributed by atoms with Gasteiger partial charge in [-0.3, -0.25) is 0 Å². The maximum atomic E-state index is 10.7. The molecule has 1 N–H and O–H groups in total. The van der Waals surface area contributed by atoms with Gasteiger partial charge in [0.25, 0.3) is 0 Å². The van der Waals surface area contributed by atoms with Gasteiger partial charge in [-0.15, -0.1) is 15.0 Å². The van der Waals surface area contributed by atoms with Gasteiger partial charge in [-0.2, -0.15) is 0 Å². The Morgan fingerprint density at radius 1 is 0.950 bits per heavy atom. The molecular formula is C12H11N3O5. The highest BCUT2D eigenvalue weighted by Crippen LogP contribution is 2.21. The van der Waals surface area contributed by atoms with Crippen molar-refractivity contribution in [1.29, 1.82) is 0 Å². The number of ether oxygens (including phenoxy) is 3. The fraction of sp³-hybridized carbons (Fsp3) is 0.167. The van der Waals surface area contributed by atoms with Gasteiger partial charge in [0.2, 0.25) is 0 Å². The Hall–Kier alpha value is -2.90. The van der Waals surface area contributed by atoms with E-state index in [0.717, 1.165) is 0 Å². The van der Waals surface area contributed by atoms with Crippen LogP contribution in [0.4, 0.5) is 0 Å². The Morgan fingerprint density at radius 3 is 1.90 bits per heavy atom. The topological polar surface area (TPSA) is 104 Å².